The van der Waals surface area contributed by atoms with Gasteiger partial charge >= 0.3 is 23.1 Å². The van der Waals surface area contributed by atoms with Crippen LogP contribution in [0.2, 0.25) is 0 Å². The molecule has 0 aromatic heterocycles. The van der Waals surface area contributed by atoms with Crippen molar-refractivity contribution < 1.29 is 73.9 Å². The number of nitrogens with one attached hydrogen (secondary N) is 1. The Bertz CT molecular complexity index is 3550. The van der Waals surface area contributed by atoms with Gasteiger partial charge in [0.05, 0.1) is 39.6 Å². The van der Waals surface area contributed by atoms with Crippen LogP contribution in [-0.2, 0) is 123 Å². The Morgan fingerprint density at radius 2 is 0.676 bits per heavy atom. The fraction of sp³-hybridized carbons (Fsp3) is 0.341. The van der Waals surface area contributed by atoms with Gasteiger partial charge in [-0.3, -0.25) is 4.84 Å². The fourth-order valence-electron chi connectivity index (χ4n) is 11.9. The first kappa shape index (κ1) is 91.5. The summed E-state index contributed by atoms with van der Waals surface area (Å²) in [7, 11) is 3.25. The van der Waals surface area contributed by atoms with Crippen LogP contribution in [0.25, 0.3) is 5.32 Å². The molecule has 1 N–H and O–H groups in total. The average molecular weight is 1540 g/mol. The molecule has 0 amide bonds. The molecule has 0 spiro atoms. The Hall–Kier alpha value is -7.15. The van der Waals surface area contributed by atoms with Gasteiger partial charge in [0.1, 0.15) is 43.4 Å². The van der Waals surface area contributed by atoms with E-state index in [4.69, 9.17) is 56.9 Å². The molecular formula is C91H112BrMgN3O12. The monoisotopic (exact) mass is 1540 g/mol. The van der Waals surface area contributed by atoms with Crippen LogP contribution in [0.4, 0.5) is 0 Å². The van der Waals surface area contributed by atoms with Crippen molar-refractivity contribution in [1.29, 1.82) is 0 Å². The molecule has 15 nitrogen and oxygen atoms in total. The van der Waals surface area contributed by atoms with E-state index >= 15 is 0 Å². The predicted octanol–water partition coefficient (Wildman–Crippen LogP) is 15.5. The van der Waals surface area contributed by atoms with Crippen molar-refractivity contribution in [3.63, 3.8) is 0 Å². The third-order valence-electron chi connectivity index (χ3n) is 17.3. The zero-order valence-corrected chi connectivity index (χ0v) is 63.5. The molecule has 9 atom stereocenters. The summed E-state index contributed by atoms with van der Waals surface area (Å²) in [6.07, 6.45) is -0.515. The van der Waals surface area contributed by atoms with E-state index in [0.717, 1.165) is 74.3 Å². The number of rotatable bonds is 34. The van der Waals surface area contributed by atoms with E-state index in [1.54, 1.807) is 14.2 Å². The van der Waals surface area contributed by atoms with Crippen LogP contribution in [0, 0.1) is 0 Å². The van der Waals surface area contributed by atoms with Gasteiger partial charge in [0, 0.05) is 47.0 Å². The summed E-state index contributed by atoms with van der Waals surface area (Å²) in [5, 5.41) is 9.90. The van der Waals surface area contributed by atoms with Gasteiger partial charge in [0.2, 0.25) is 0 Å². The molecule has 3 saturated heterocycles. The Balaban J connectivity index is 0.000000275. The summed E-state index contributed by atoms with van der Waals surface area (Å²) in [6.45, 7) is 7.96. The van der Waals surface area contributed by atoms with Crippen LogP contribution in [0.1, 0.15) is 97.2 Å². The Kier molecular flexibility index (Phi) is 46.1. The summed E-state index contributed by atoms with van der Waals surface area (Å²) < 4.78 is 66.2. The molecule has 0 bridgehead atoms. The van der Waals surface area contributed by atoms with Gasteiger partial charge in [0.15, 0.2) is 18.9 Å². The van der Waals surface area contributed by atoms with E-state index in [2.05, 4.69) is 120 Å². The van der Waals surface area contributed by atoms with E-state index in [0.29, 0.717) is 52.7 Å². The van der Waals surface area contributed by atoms with Crippen molar-refractivity contribution >= 4 is 23.1 Å². The molecule has 13 rings (SSSR count). The van der Waals surface area contributed by atoms with Crippen molar-refractivity contribution in [3.05, 3.63) is 364 Å². The summed E-state index contributed by atoms with van der Waals surface area (Å²) in [6, 6.07) is 103. The molecule has 3 aliphatic heterocycles. The number of hydrogen-bond acceptors (Lipinski definition) is 14. The van der Waals surface area contributed by atoms with Crippen molar-refractivity contribution in [2.45, 2.75) is 163 Å². The van der Waals surface area contributed by atoms with Crippen LogP contribution >= 0.6 is 0 Å². The largest absolute Gasteiger partial charge is 2.00 e. The molecule has 10 aromatic rings. The maximum Gasteiger partial charge on any atom is 2.00 e. The molecule has 0 saturated carbocycles. The van der Waals surface area contributed by atoms with Gasteiger partial charge in [0.25, 0.3) is 0 Å². The minimum Gasteiger partial charge on any atom is -1.00 e. The molecule has 572 valence electrons. The summed E-state index contributed by atoms with van der Waals surface area (Å²) in [4.78, 5) is 6.44. The maximum absolute atomic E-state index is 6.48. The Morgan fingerprint density at radius 1 is 0.370 bits per heavy atom. The first-order valence-electron chi connectivity index (χ1n) is 35.8. The van der Waals surface area contributed by atoms with Crippen molar-refractivity contribution in [2.75, 3.05) is 40.8 Å². The number of methoxy groups -OCH3 is 2. The van der Waals surface area contributed by atoms with E-state index in [9.17, 15) is 0 Å². The van der Waals surface area contributed by atoms with Crippen molar-refractivity contribution in [1.82, 2.24) is 10.4 Å². The summed E-state index contributed by atoms with van der Waals surface area (Å²) >= 11 is 0. The summed E-state index contributed by atoms with van der Waals surface area (Å²) in [5.41, 5.74) is 11.9. The van der Waals surface area contributed by atoms with Crippen molar-refractivity contribution in [2.24, 2.45) is 0 Å². The van der Waals surface area contributed by atoms with Gasteiger partial charge < -0.3 is 79.7 Å². The Labute approximate surface area is 670 Å². The third-order valence-corrected chi connectivity index (χ3v) is 17.3. The maximum atomic E-state index is 6.48. The molecule has 3 heterocycles. The van der Waals surface area contributed by atoms with Crippen molar-refractivity contribution in [3.8, 4) is 0 Å². The first-order valence-corrected chi connectivity index (χ1v) is 35.8. The van der Waals surface area contributed by atoms with Gasteiger partial charge in [-0.1, -0.05) is 337 Å². The number of halogens is 1. The number of hydrogen-bond donors (Lipinski definition) is 1. The summed E-state index contributed by atoms with van der Waals surface area (Å²) in [5.74, 6) is 0. The molecule has 0 aliphatic carbocycles. The quantitative estimate of drug-likeness (QED) is 0.0177. The van der Waals surface area contributed by atoms with Gasteiger partial charge in [-0.15, -0.1) is 13.1 Å². The molecule has 108 heavy (non-hydrogen) atoms. The Morgan fingerprint density at radius 3 is 1.00 bits per heavy atom. The van der Waals surface area contributed by atoms with E-state index in [1.165, 1.54) is 33.4 Å². The van der Waals surface area contributed by atoms with Crippen LogP contribution in [0.3, 0.4) is 0 Å². The molecule has 3 unspecified atom stereocenters. The number of hydroxylamine groups is 2. The van der Waals surface area contributed by atoms with Gasteiger partial charge in [-0.05, 0) is 63.8 Å². The second-order valence-corrected chi connectivity index (χ2v) is 25.2. The van der Waals surface area contributed by atoms with E-state index < -0.39 is 24.8 Å². The second kappa shape index (κ2) is 54.5. The van der Waals surface area contributed by atoms with Crippen LogP contribution in [-0.4, -0.2) is 124 Å². The number of ether oxygens (including phenoxy) is 11. The fourth-order valence-corrected chi connectivity index (χ4v) is 11.9. The molecular weight excluding hydrogens is 1430 g/mol. The third kappa shape index (κ3) is 33.2. The molecule has 3 fully saturated rings. The minimum absolute atomic E-state index is 0. The average Bonchev–Trinajstić information content (AvgIpc) is 1.68. The zero-order chi connectivity index (χ0) is 70.8. The van der Waals surface area contributed by atoms with Gasteiger partial charge in [-0.2, -0.15) is 5.06 Å². The SMILES string of the molecule is C.C.C.CO[C@@H]1O[C@H](COCOC2CCCCO2)C(OCc2ccccc2)[C@@H]1OCc1ccccc1.CO[C@@H]1O[C@H](CON(Cc2ccccc2)Cc2ccccc2)C(OCc2ccccc2)[C@@H]1OCc1ccccc1.[Br-].[Mg+2].c1ccc(CNCc2ccccc2)cc1.c1ccc(C[N-]Cc2ccccc2)cc1. The molecule has 3 aliphatic rings. The second-order valence-electron chi connectivity index (χ2n) is 25.2. The van der Waals surface area contributed by atoms with E-state index in [-0.39, 0.29) is 99.8 Å². The van der Waals surface area contributed by atoms with E-state index in [1.807, 2.05) is 199 Å². The predicted molar refractivity (Wildman–Crippen MR) is 428 cm³/mol. The molecule has 0 radical (unpaired) electrons. The van der Waals surface area contributed by atoms with Crippen LogP contribution in [0.5, 0.6) is 0 Å². The van der Waals surface area contributed by atoms with Crippen LogP contribution in [0.15, 0.2) is 303 Å². The molecule has 17 heteroatoms. The van der Waals surface area contributed by atoms with Crippen LogP contribution < -0.4 is 22.3 Å². The minimum atomic E-state index is -0.574. The first-order chi connectivity index (χ1) is 51.0. The van der Waals surface area contributed by atoms with Gasteiger partial charge in [-0.25, -0.2) is 0 Å². The number of nitrogens with zero attached hydrogens (tertiary/aromatic N) is 2. The zero-order valence-electron chi connectivity index (χ0n) is 60.5. The topological polar surface area (TPSA) is 140 Å². The normalized spacial score (nSPS) is 18.9. The standard InChI is InChI=1S/C34H37NO5.C26H34O7.C14H15N.C14H14N.3CH4.BrH.Mg/c1-36-34-33(38-25-30-20-12-5-13-21-30)32(37-24-29-18-10-4-11-19-29)31(40-34)26-39-35(22-27-14-6-2-7-15-27)23-28-16-8-3-9-17-28;1-27-26-25(31-17-21-12-6-3-7-13-21)24(30-16-20-10-4-2-5-11-20)22(33-26)18-28-19-32-23-14-8-9-15-29-23;2*1-3-7-13(8-4-1)11-15-12-14-9-5-2-6-10-14;;;;;/h2-21,31-34H,22-26H2,1H3;2-7,10-13,22-26H,8-9,14-19H2,1H3;1-10,15H,11-12H2;1-10H,11-12H2;3*1H4;1H;/q;;;-1;;;;;+2/p-1/t31-,32?,33+,34-;22-,23?,24?,25+,26-;;;;;;;/m11......./s1. The smallest absolute Gasteiger partial charge is 1.00 e. The molecule has 10 aromatic carbocycles. The number of benzene rings is 10.